The lowest BCUT2D eigenvalue weighted by Crippen LogP contribution is -2.32. The van der Waals surface area contributed by atoms with Crippen LogP contribution in [0.25, 0.3) is 0 Å². The van der Waals surface area contributed by atoms with Crippen molar-refractivity contribution in [2.45, 2.75) is 13.0 Å². The molecule has 1 unspecified atom stereocenters. The normalized spacial score (nSPS) is 11.7. The van der Waals surface area contributed by atoms with Crippen LogP contribution < -0.4 is 24.3 Å². The van der Waals surface area contributed by atoms with Gasteiger partial charge in [-0.1, -0.05) is 23.2 Å². The summed E-state index contributed by atoms with van der Waals surface area (Å²) in [6.07, 6.45) is 0. The molecule has 11 heteroatoms. The number of anilines is 1. The molecule has 0 aromatic heterocycles. The molecule has 0 aliphatic heterocycles. The summed E-state index contributed by atoms with van der Waals surface area (Å²) in [4.78, 5) is 24.8. The van der Waals surface area contributed by atoms with Gasteiger partial charge in [0.15, 0.2) is 11.5 Å². The van der Waals surface area contributed by atoms with E-state index in [0.717, 1.165) is 0 Å². The van der Waals surface area contributed by atoms with Gasteiger partial charge in [-0.3, -0.25) is 9.59 Å². The summed E-state index contributed by atoms with van der Waals surface area (Å²) >= 11 is 12.3. The lowest BCUT2D eigenvalue weighted by molar-refractivity contribution is -0.126. The van der Waals surface area contributed by atoms with E-state index in [9.17, 15) is 9.59 Å². The molecular weight excluding hydrogens is 449 g/mol. The zero-order chi connectivity index (χ0) is 23.1. The van der Waals surface area contributed by atoms with E-state index in [1.165, 1.54) is 53.6 Å². The van der Waals surface area contributed by atoms with Crippen molar-refractivity contribution in [3.63, 3.8) is 0 Å². The number of amides is 1. The summed E-state index contributed by atoms with van der Waals surface area (Å²) in [6.45, 7) is 1.22. The maximum atomic E-state index is 12.7. The summed E-state index contributed by atoms with van der Waals surface area (Å²) in [5.74, 6) is -0.0362. The second-order valence-corrected chi connectivity index (χ2v) is 6.82. The van der Waals surface area contributed by atoms with Gasteiger partial charge in [0.05, 0.1) is 39.1 Å². The van der Waals surface area contributed by atoms with E-state index in [1.807, 2.05) is 0 Å². The third-order valence-electron chi connectivity index (χ3n) is 4.11. The molecule has 0 aliphatic carbocycles. The number of methoxy groups -OCH3 is 4. The van der Waals surface area contributed by atoms with E-state index in [4.69, 9.17) is 42.1 Å². The molecular formula is C20H21Cl2N3O6. The summed E-state index contributed by atoms with van der Waals surface area (Å²) in [5, 5.41) is 10.9. The van der Waals surface area contributed by atoms with E-state index in [1.54, 1.807) is 6.07 Å². The predicted molar refractivity (Wildman–Crippen MR) is 117 cm³/mol. The third kappa shape index (κ3) is 5.56. The maximum Gasteiger partial charge on any atom is 0.258 e. The molecule has 0 saturated heterocycles. The Labute approximate surface area is 189 Å². The molecule has 2 rings (SSSR count). The Kier molecular flexibility index (Phi) is 8.47. The fourth-order valence-corrected chi connectivity index (χ4v) is 3.11. The average Bonchev–Trinajstić information content (AvgIpc) is 2.74. The second-order valence-electron chi connectivity index (χ2n) is 6.04. The minimum atomic E-state index is -1.43. The monoisotopic (exact) mass is 469 g/mol. The Balaban J connectivity index is 2.34. The van der Waals surface area contributed by atoms with E-state index >= 15 is 0 Å². The topological polar surface area (TPSA) is 108 Å². The fraction of sp³-hybridized carbons (Fsp3) is 0.300. The van der Waals surface area contributed by atoms with Gasteiger partial charge in [-0.05, 0) is 25.1 Å². The molecule has 2 aromatic carbocycles. The van der Waals surface area contributed by atoms with Gasteiger partial charge in [0.1, 0.15) is 28.0 Å². The number of halogens is 2. The first-order chi connectivity index (χ1) is 14.8. The Morgan fingerprint density at radius 2 is 1.58 bits per heavy atom. The highest BCUT2D eigenvalue weighted by molar-refractivity contribution is 6.34. The van der Waals surface area contributed by atoms with E-state index in [0.29, 0.717) is 17.2 Å². The van der Waals surface area contributed by atoms with Gasteiger partial charge in [-0.15, -0.1) is 0 Å². The predicted octanol–water partition coefficient (Wildman–Crippen LogP) is 4.71. The number of azo groups is 1. The number of hydrogen-bond donors (Lipinski definition) is 1. The molecule has 0 spiro atoms. The zero-order valence-corrected chi connectivity index (χ0v) is 19.0. The number of carbonyl (C=O) groups excluding carboxylic acids is 2. The first-order valence-corrected chi connectivity index (χ1v) is 9.57. The molecule has 0 radical (unpaired) electrons. The van der Waals surface area contributed by atoms with E-state index in [-0.39, 0.29) is 27.2 Å². The first kappa shape index (κ1) is 24.2. The molecule has 0 fully saturated rings. The van der Waals surface area contributed by atoms with Crippen molar-refractivity contribution in [2.75, 3.05) is 33.8 Å². The maximum absolute atomic E-state index is 12.7. The largest absolute Gasteiger partial charge is 0.495 e. The SMILES string of the molecule is COc1cc(OC)c(N=NC(C(C)=O)C(=O)Nc2ccc(OC)c(Cl)c2OC)cc1Cl. The number of Topliss-reactive ketones (excluding diaryl/α,β-unsaturated/α-hetero) is 1. The lowest BCUT2D eigenvalue weighted by atomic mass is 10.2. The van der Waals surface area contributed by atoms with Crippen molar-refractivity contribution in [3.8, 4) is 23.0 Å². The number of ketones is 1. The molecule has 0 aliphatic rings. The van der Waals surface area contributed by atoms with Crippen molar-refractivity contribution in [1.29, 1.82) is 0 Å². The van der Waals surface area contributed by atoms with Gasteiger partial charge in [-0.25, -0.2) is 0 Å². The van der Waals surface area contributed by atoms with Gasteiger partial charge >= 0.3 is 0 Å². The van der Waals surface area contributed by atoms with Crippen LogP contribution in [0.15, 0.2) is 34.5 Å². The smallest absolute Gasteiger partial charge is 0.258 e. The third-order valence-corrected chi connectivity index (χ3v) is 4.76. The number of carbonyl (C=O) groups is 2. The molecule has 31 heavy (non-hydrogen) atoms. The molecule has 0 saturated carbocycles. The highest BCUT2D eigenvalue weighted by atomic mass is 35.5. The van der Waals surface area contributed by atoms with Crippen LogP contribution in [0.2, 0.25) is 10.0 Å². The van der Waals surface area contributed by atoms with Crippen molar-refractivity contribution < 1.29 is 28.5 Å². The van der Waals surface area contributed by atoms with Gasteiger partial charge in [-0.2, -0.15) is 10.2 Å². The summed E-state index contributed by atoms with van der Waals surface area (Å²) in [7, 11) is 5.72. The van der Waals surface area contributed by atoms with Gasteiger partial charge in [0.25, 0.3) is 5.91 Å². The highest BCUT2D eigenvalue weighted by Crippen LogP contribution is 2.40. The number of ether oxygens (including phenoxy) is 4. The molecule has 0 bridgehead atoms. The van der Waals surface area contributed by atoms with Crippen LogP contribution >= 0.6 is 23.2 Å². The highest BCUT2D eigenvalue weighted by Gasteiger charge is 2.25. The van der Waals surface area contributed by atoms with Crippen LogP contribution in [0.1, 0.15) is 6.92 Å². The minimum Gasteiger partial charge on any atom is -0.495 e. The number of rotatable bonds is 9. The molecule has 2 aromatic rings. The average molecular weight is 470 g/mol. The summed E-state index contributed by atoms with van der Waals surface area (Å²) < 4.78 is 20.7. The summed E-state index contributed by atoms with van der Waals surface area (Å²) in [6, 6.07) is 4.61. The lowest BCUT2D eigenvalue weighted by Gasteiger charge is -2.15. The van der Waals surface area contributed by atoms with Crippen LogP contribution in [0.3, 0.4) is 0 Å². The van der Waals surface area contributed by atoms with Crippen molar-refractivity contribution in [3.05, 3.63) is 34.3 Å². The fourth-order valence-electron chi connectivity index (χ4n) is 2.56. The Morgan fingerprint density at radius 1 is 0.935 bits per heavy atom. The molecule has 1 N–H and O–H groups in total. The number of nitrogens with one attached hydrogen (secondary N) is 1. The summed E-state index contributed by atoms with van der Waals surface area (Å²) in [5.41, 5.74) is 0.460. The molecule has 9 nitrogen and oxygen atoms in total. The molecule has 166 valence electrons. The van der Waals surface area contributed by atoms with Crippen molar-refractivity contribution in [2.24, 2.45) is 10.2 Å². The molecule has 1 atom stereocenters. The minimum absolute atomic E-state index is 0.168. The molecule has 0 heterocycles. The Hall–Kier alpha value is -3.04. The van der Waals surface area contributed by atoms with Crippen LogP contribution in [0.4, 0.5) is 11.4 Å². The van der Waals surface area contributed by atoms with Crippen LogP contribution in [-0.4, -0.2) is 46.2 Å². The van der Waals surface area contributed by atoms with Crippen LogP contribution in [-0.2, 0) is 9.59 Å². The van der Waals surface area contributed by atoms with Crippen LogP contribution in [0.5, 0.6) is 23.0 Å². The Bertz CT molecular complexity index is 1010. The zero-order valence-electron chi connectivity index (χ0n) is 17.5. The standard InChI is InChI=1S/C20H21Cl2N3O6/c1-10(26)18(25-24-13-8-11(21)15(29-3)9-16(13)30-4)20(27)23-12-6-7-14(28-2)17(22)19(12)31-5/h6-9,18H,1-5H3,(H,23,27). The Morgan fingerprint density at radius 3 is 2.13 bits per heavy atom. The quantitative estimate of drug-likeness (QED) is 0.420. The number of benzene rings is 2. The van der Waals surface area contributed by atoms with Gasteiger partial charge < -0.3 is 24.3 Å². The van der Waals surface area contributed by atoms with Crippen molar-refractivity contribution in [1.82, 2.24) is 0 Å². The van der Waals surface area contributed by atoms with E-state index < -0.39 is 17.7 Å². The first-order valence-electron chi connectivity index (χ1n) is 8.81. The number of hydrogen-bond acceptors (Lipinski definition) is 8. The van der Waals surface area contributed by atoms with Gasteiger partial charge in [0.2, 0.25) is 6.04 Å². The van der Waals surface area contributed by atoms with Crippen molar-refractivity contribution >= 4 is 46.3 Å². The van der Waals surface area contributed by atoms with Crippen LogP contribution in [0, 0.1) is 0 Å². The van der Waals surface area contributed by atoms with E-state index in [2.05, 4.69) is 15.5 Å². The molecule has 1 amide bonds. The van der Waals surface area contributed by atoms with Gasteiger partial charge in [0, 0.05) is 6.07 Å². The number of nitrogens with zero attached hydrogens (tertiary/aromatic N) is 2. The second kappa shape index (κ2) is 10.8.